The van der Waals surface area contributed by atoms with Crippen molar-refractivity contribution in [3.63, 3.8) is 0 Å². The average Bonchev–Trinajstić information content (AvgIpc) is 2.33. The minimum atomic E-state index is -5.62. The lowest BCUT2D eigenvalue weighted by Crippen LogP contribution is -2.23. The molecule has 118 valence electrons. The number of esters is 1. The third-order valence-electron chi connectivity index (χ3n) is 2.05. The van der Waals surface area contributed by atoms with Crippen LogP contribution in [0.2, 0.25) is 0 Å². The predicted molar refractivity (Wildman–Crippen MR) is 72.6 cm³/mol. The van der Waals surface area contributed by atoms with Crippen molar-refractivity contribution in [3.8, 4) is 0 Å². The van der Waals surface area contributed by atoms with Gasteiger partial charge in [0.05, 0.1) is 6.61 Å². The number of halogens is 5. The topological polar surface area (TPSA) is 74.5 Å². The van der Waals surface area contributed by atoms with Gasteiger partial charge in [0.2, 0.25) is 0 Å². The number of nitrogens with zero attached hydrogens (tertiary/aromatic N) is 1. The first-order valence-corrected chi connectivity index (χ1v) is 7.69. The summed E-state index contributed by atoms with van der Waals surface area (Å²) in [7, 11) is -5.62. The zero-order valence-corrected chi connectivity index (χ0v) is 13.0. The van der Waals surface area contributed by atoms with Crippen LogP contribution < -0.4 is 0 Å². The highest BCUT2D eigenvalue weighted by atomic mass is 127. The van der Waals surface area contributed by atoms with Crippen LogP contribution in [0.5, 0.6) is 0 Å². The molecule has 0 saturated carbocycles. The van der Waals surface area contributed by atoms with E-state index >= 15 is 0 Å². The van der Waals surface area contributed by atoms with E-state index in [1.54, 1.807) is 22.6 Å². The molecule has 0 atom stereocenters. The first-order chi connectivity index (χ1) is 9.56. The van der Waals surface area contributed by atoms with E-state index in [0.717, 1.165) is 6.07 Å². The fourth-order valence-corrected chi connectivity index (χ4v) is 2.28. The molecule has 0 aromatic heterocycles. The van der Waals surface area contributed by atoms with Gasteiger partial charge in [-0.05, 0) is 34.7 Å². The maximum atomic E-state index is 13.4. The van der Waals surface area contributed by atoms with E-state index in [9.17, 15) is 30.8 Å². The van der Waals surface area contributed by atoms with Crippen LogP contribution in [0.25, 0.3) is 4.72 Å². The number of rotatable bonds is 5. The summed E-state index contributed by atoms with van der Waals surface area (Å²) in [5.41, 5.74) is -5.88. The summed E-state index contributed by atoms with van der Waals surface area (Å²) in [5.74, 6) is -1.97. The van der Waals surface area contributed by atoms with Gasteiger partial charge < -0.3 is 9.46 Å². The highest BCUT2D eigenvalue weighted by Crippen LogP contribution is 2.27. The standard InChI is InChI=1S/C10H7F4INO4S/c11-6-2-1-3-7(15)8(6)9(17)20-5-4-16-21(18,19)10(12,13)14/h1-3H,4-5H2/q-1. The van der Waals surface area contributed by atoms with E-state index in [1.807, 2.05) is 0 Å². The molecule has 1 rings (SSSR count). The number of sulfonamides is 1. The Balaban J connectivity index is 2.56. The molecular weight excluding hydrogens is 433 g/mol. The zero-order chi connectivity index (χ0) is 16.3. The van der Waals surface area contributed by atoms with Gasteiger partial charge in [0.1, 0.15) is 11.4 Å². The molecule has 0 N–H and O–H groups in total. The summed E-state index contributed by atoms with van der Waals surface area (Å²) in [5, 5.41) is 0. The van der Waals surface area contributed by atoms with Crippen LogP contribution in [0.3, 0.4) is 0 Å². The number of hydrogen-bond acceptors (Lipinski definition) is 4. The molecule has 0 aliphatic heterocycles. The molecular formula is C10H7F4INO4S-. The monoisotopic (exact) mass is 440 g/mol. The number of carbonyl (C=O) groups excluding carboxylic acids is 1. The Morgan fingerprint density at radius 1 is 1.33 bits per heavy atom. The van der Waals surface area contributed by atoms with Crippen molar-refractivity contribution in [2.45, 2.75) is 5.51 Å². The van der Waals surface area contributed by atoms with Crippen LogP contribution >= 0.6 is 22.6 Å². The van der Waals surface area contributed by atoms with E-state index in [-0.39, 0.29) is 9.13 Å². The molecule has 0 heterocycles. The molecule has 0 bridgehead atoms. The van der Waals surface area contributed by atoms with Crippen molar-refractivity contribution in [1.29, 1.82) is 0 Å². The Morgan fingerprint density at radius 2 is 1.95 bits per heavy atom. The molecule has 0 saturated heterocycles. The molecule has 0 unspecified atom stereocenters. The Kier molecular flexibility index (Phi) is 5.92. The van der Waals surface area contributed by atoms with Crippen LogP contribution in [0.15, 0.2) is 18.2 Å². The van der Waals surface area contributed by atoms with Gasteiger partial charge in [-0.25, -0.2) is 17.6 Å². The van der Waals surface area contributed by atoms with Crippen molar-refractivity contribution in [2.75, 3.05) is 13.2 Å². The van der Waals surface area contributed by atoms with Crippen molar-refractivity contribution < 1.29 is 35.5 Å². The van der Waals surface area contributed by atoms with Crippen molar-refractivity contribution in [1.82, 2.24) is 0 Å². The lowest BCUT2D eigenvalue weighted by molar-refractivity contribution is -0.0427. The van der Waals surface area contributed by atoms with E-state index in [2.05, 4.69) is 9.46 Å². The molecule has 1 aromatic rings. The summed E-state index contributed by atoms with van der Waals surface area (Å²) in [6, 6.07) is 3.80. The largest absolute Gasteiger partial charge is 0.538 e. The Morgan fingerprint density at radius 3 is 2.48 bits per heavy atom. The minimum Gasteiger partial charge on any atom is -0.538 e. The maximum Gasteiger partial charge on any atom is 0.480 e. The number of hydrogen-bond donors (Lipinski definition) is 0. The van der Waals surface area contributed by atoms with E-state index in [4.69, 9.17) is 0 Å². The fourth-order valence-electron chi connectivity index (χ4n) is 1.13. The molecule has 21 heavy (non-hydrogen) atoms. The Hall–Kier alpha value is -0.950. The van der Waals surface area contributed by atoms with Crippen LogP contribution in [-0.2, 0) is 14.8 Å². The molecule has 0 spiro atoms. The first kappa shape index (κ1) is 18.1. The molecule has 0 fully saturated rings. The molecule has 0 amide bonds. The van der Waals surface area contributed by atoms with Crippen LogP contribution in [0.1, 0.15) is 10.4 Å². The van der Waals surface area contributed by atoms with Gasteiger partial charge in [-0.15, -0.1) is 6.54 Å². The normalized spacial score (nSPS) is 12.2. The van der Waals surface area contributed by atoms with E-state index in [0.29, 0.717) is 0 Å². The second-order valence-electron chi connectivity index (χ2n) is 3.51. The molecule has 5 nitrogen and oxygen atoms in total. The first-order valence-electron chi connectivity index (χ1n) is 5.17. The van der Waals surface area contributed by atoms with Gasteiger partial charge in [-0.2, -0.15) is 13.2 Å². The smallest absolute Gasteiger partial charge is 0.480 e. The summed E-state index contributed by atoms with van der Waals surface area (Å²) in [6.45, 7) is -1.63. The second-order valence-corrected chi connectivity index (χ2v) is 6.34. The number of benzene rings is 1. The van der Waals surface area contributed by atoms with Crippen molar-refractivity contribution in [3.05, 3.63) is 37.9 Å². The van der Waals surface area contributed by atoms with Crippen molar-refractivity contribution in [2.24, 2.45) is 0 Å². The van der Waals surface area contributed by atoms with Crippen molar-refractivity contribution >= 4 is 38.6 Å². The highest BCUT2D eigenvalue weighted by Gasteiger charge is 2.38. The maximum absolute atomic E-state index is 13.4. The predicted octanol–water partition coefficient (Wildman–Crippen LogP) is 2.81. The average molecular weight is 440 g/mol. The summed E-state index contributed by atoms with van der Waals surface area (Å²) in [6.07, 6.45) is 0. The van der Waals surface area contributed by atoms with Gasteiger partial charge in [0, 0.05) is 3.57 Å². The third kappa shape index (κ3) is 4.78. The van der Waals surface area contributed by atoms with E-state index in [1.165, 1.54) is 12.1 Å². The van der Waals surface area contributed by atoms with Gasteiger partial charge in [0.25, 0.3) is 0 Å². The SMILES string of the molecule is O=C(OCC[N-]S(=O)(=O)C(F)(F)F)c1c(F)cccc1I. The fraction of sp³-hybridized carbons (Fsp3) is 0.300. The molecule has 1 aromatic carbocycles. The van der Waals surface area contributed by atoms with Gasteiger partial charge >= 0.3 is 11.5 Å². The van der Waals surface area contributed by atoms with Crippen LogP contribution in [-0.4, -0.2) is 33.0 Å². The zero-order valence-electron chi connectivity index (χ0n) is 10.0. The van der Waals surface area contributed by atoms with Crippen LogP contribution in [0.4, 0.5) is 17.6 Å². The lowest BCUT2D eigenvalue weighted by Gasteiger charge is -2.21. The molecule has 0 radical (unpaired) electrons. The summed E-state index contributed by atoms with van der Waals surface area (Å²) in [4.78, 5) is 11.5. The van der Waals surface area contributed by atoms with E-state index < -0.39 is 40.5 Å². The quantitative estimate of drug-likeness (QED) is 0.306. The van der Waals surface area contributed by atoms with Gasteiger partial charge in [0.15, 0.2) is 10.0 Å². The molecule has 11 heteroatoms. The Bertz CT molecular complexity index is 612. The molecule has 0 aliphatic carbocycles. The summed E-state index contributed by atoms with van der Waals surface area (Å²) < 4.78 is 77.5. The number of ether oxygens (including phenoxy) is 1. The highest BCUT2D eigenvalue weighted by molar-refractivity contribution is 14.1. The number of alkyl halides is 3. The molecule has 0 aliphatic rings. The third-order valence-corrected chi connectivity index (χ3v) is 4.05. The summed E-state index contributed by atoms with van der Waals surface area (Å²) >= 11 is 1.68. The second kappa shape index (κ2) is 6.87. The minimum absolute atomic E-state index is 0.248. The van der Waals surface area contributed by atoms with Gasteiger partial charge in [-0.1, -0.05) is 6.07 Å². The van der Waals surface area contributed by atoms with Gasteiger partial charge in [-0.3, -0.25) is 0 Å². The number of carbonyl (C=O) groups is 1. The van der Waals surface area contributed by atoms with Crippen LogP contribution in [0, 0.1) is 9.39 Å². The lowest BCUT2D eigenvalue weighted by atomic mass is 10.2. The Labute approximate surface area is 130 Å².